The van der Waals surface area contributed by atoms with Crippen molar-refractivity contribution in [2.45, 2.75) is 13.5 Å². The van der Waals surface area contributed by atoms with Gasteiger partial charge >= 0.3 is 5.97 Å². The van der Waals surface area contributed by atoms with Crippen LogP contribution in [-0.4, -0.2) is 46.8 Å². The van der Waals surface area contributed by atoms with Gasteiger partial charge in [0, 0.05) is 0 Å². The first-order valence-corrected chi connectivity index (χ1v) is 9.91. The lowest BCUT2D eigenvalue weighted by molar-refractivity contribution is -0.141. The van der Waals surface area contributed by atoms with Gasteiger partial charge in [0.15, 0.2) is 4.80 Å². The van der Waals surface area contributed by atoms with Gasteiger partial charge in [0.1, 0.15) is 13.1 Å². The molecular weight excluding hydrogens is 406 g/mol. The van der Waals surface area contributed by atoms with Crippen LogP contribution in [0.1, 0.15) is 26.3 Å². The summed E-state index contributed by atoms with van der Waals surface area (Å²) in [4.78, 5) is 54.8. The number of methoxy groups -OCH3 is 1. The molecule has 8 nitrogen and oxygen atoms in total. The van der Waals surface area contributed by atoms with Gasteiger partial charge in [-0.2, -0.15) is 4.99 Å². The molecule has 2 aromatic carbocycles. The number of hydrogen-bond acceptors (Lipinski definition) is 6. The van der Waals surface area contributed by atoms with Crippen LogP contribution >= 0.6 is 11.3 Å². The maximum atomic E-state index is 12.6. The monoisotopic (exact) mass is 423 g/mol. The van der Waals surface area contributed by atoms with Gasteiger partial charge in [-0.05, 0) is 30.7 Å². The van der Waals surface area contributed by atoms with Gasteiger partial charge in [-0.1, -0.05) is 35.6 Å². The number of imide groups is 1. The molecule has 30 heavy (non-hydrogen) atoms. The predicted molar refractivity (Wildman–Crippen MR) is 109 cm³/mol. The van der Waals surface area contributed by atoms with Crippen LogP contribution in [0.4, 0.5) is 0 Å². The average Bonchev–Trinajstić information content (AvgIpc) is 3.19. The van der Waals surface area contributed by atoms with Gasteiger partial charge in [-0.3, -0.25) is 24.1 Å². The van der Waals surface area contributed by atoms with Crippen molar-refractivity contribution in [3.8, 4) is 0 Å². The number of esters is 1. The molecule has 1 aliphatic heterocycles. The van der Waals surface area contributed by atoms with Gasteiger partial charge in [-0.15, -0.1) is 0 Å². The van der Waals surface area contributed by atoms with Crippen molar-refractivity contribution in [2.24, 2.45) is 4.99 Å². The smallest absolute Gasteiger partial charge is 0.325 e. The van der Waals surface area contributed by atoms with E-state index < -0.39 is 30.2 Å². The highest BCUT2D eigenvalue weighted by molar-refractivity contribution is 7.16. The summed E-state index contributed by atoms with van der Waals surface area (Å²) in [6, 6.07) is 12.1. The second-order valence-corrected chi connectivity index (χ2v) is 7.73. The molecule has 2 heterocycles. The molecule has 1 aliphatic rings. The van der Waals surface area contributed by atoms with E-state index in [4.69, 9.17) is 4.74 Å². The summed E-state index contributed by atoms with van der Waals surface area (Å²) < 4.78 is 7.23. The quantitative estimate of drug-likeness (QED) is 0.472. The normalized spacial score (nSPS) is 13.8. The summed E-state index contributed by atoms with van der Waals surface area (Å²) in [6.45, 7) is 1.31. The van der Waals surface area contributed by atoms with E-state index in [-0.39, 0.29) is 17.7 Å². The van der Waals surface area contributed by atoms with Crippen LogP contribution in [0.25, 0.3) is 10.2 Å². The lowest BCUT2D eigenvalue weighted by Crippen LogP contribution is -2.35. The van der Waals surface area contributed by atoms with Crippen LogP contribution in [-0.2, 0) is 20.9 Å². The summed E-state index contributed by atoms with van der Waals surface area (Å²) in [5.41, 5.74) is 2.24. The highest BCUT2D eigenvalue weighted by Crippen LogP contribution is 2.23. The summed E-state index contributed by atoms with van der Waals surface area (Å²) in [6.07, 6.45) is 0. The zero-order chi connectivity index (χ0) is 21.4. The number of nitrogens with zero attached hydrogens (tertiary/aromatic N) is 3. The number of benzene rings is 2. The maximum Gasteiger partial charge on any atom is 0.325 e. The first-order chi connectivity index (χ1) is 14.4. The van der Waals surface area contributed by atoms with E-state index in [1.807, 2.05) is 25.1 Å². The molecular formula is C21H17N3O5S. The third kappa shape index (κ3) is 3.33. The molecule has 0 spiro atoms. The molecule has 0 N–H and O–H groups in total. The second-order valence-electron chi connectivity index (χ2n) is 6.72. The van der Waals surface area contributed by atoms with Gasteiger partial charge in [0.2, 0.25) is 0 Å². The minimum absolute atomic E-state index is 0.111. The van der Waals surface area contributed by atoms with Crippen LogP contribution < -0.4 is 4.80 Å². The Hall–Kier alpha value is -3.59. The van der Waals surface area contributed by atoms with Crippen molar-refractivity contribution < 1.29 is 23.9 Å². The molecule has 152 valence electrons. The van der Waals surface area contributed by atoms with Crippen molar-refractivity contribution in [3.05, 3.63) is 64.0 Å². The fourth-order valence-electron chi connectivity index (χ4n) is 3.39. The largest absolute Gasteiger partial charge is 0.468 e. The van der Waals surface area contributed by atoms with E-state index in [9.17, 15) is 19.2 Å². The minimum atomic E-state index is -0.660. The summed E-state index contributed by atoms with van der Waals surface area (Å²) in [7, 11) is 1.29. The van der Waals surface area contributed by atoms with Gasteiger partial charge in [-0.25, -0.2) is 0 Å². The van der Waals surface area contributed by atoms with Gasteiger partial charge in [0.05, 0.1) is 28.5 Å². The zero-order valence-corrected chi connectivity index (χ0v) is 17.1. The molecule has 0 fully saturated rings. The summed E-state index contributed by atoms with van der Waals surface area (Å²) in [5.74, 6) is -2.18. The van der Waals surface area contributed by atoms with E-state index in [2.05, 4.69) is 4.99 Å². The maximum absolute atomic E-state index is 12.6. The highest BCUT2D eigenvalue weighted by atomic mass is 32.1. The minimum Gasteiger partial charge on any atom is -0.468 e. The Morgan fingerprint density at radius 3 is 2.30 bits per heavy atom. The van der Waals surface area contributed by atoms with Gasteiger partial charge in [0.25, 0.3) is 17.7 Å². The number of hydrogen-bond donors (Lipinski definition) is 0. The van der Waals surface area contributed by atoms with E-state index in [1.54, 1.807) is 28.8 Å². The van der Waals surface area contributed by atoms with Gasteiger partial charge < -0.3 is 9.30 Å². The Labute approximate surface area is 175 Å². The number of carbonyl (C=O) groups is 4. The number of ether oxygens (including phenoxy) is 1. The van der Waals surface area contributed by atoms with Crippen LogP contribution in [0.15, 0.2) is 47.5 Å². The van der Waals surface area contributed by atoms with E-state index in [0.29, 0.717) is 4.80 Å². The number of aromatic nitrogens is 1. The van der Waals surface area contributed by atoms with E-state index in [0.717, 1.165) is 20.7 Å². The lowest BCUT2D eigenvalue weighted by atomic mass is 10.1. The molecule has 0 saturated heterocycles. The SMILES string of the molecule is COC(=O)Cn1c(=NC(=O)CN2C(=O)c3ccccc3C2=O)sc2cccc(C)c21. The van der Waals surface area contributed by atoms with Crippen LogP contribution in [0.5, 0.6) is 0 Å². The molecule has 0 bridgehead atoms. The fraction of sp³-hybridized carbons (Fsp3) is 0.190. The standard InChI is InChI=1S/C21H17N3O5S/c1-12-6-5-9-15-18(12)23(11-17(26)29-2)21(30-15)22-16(25)10-24-19(27)13-7-3-4-8-14(13)20(24)28/h3-9H,10-11H2,1-2H3. The summed E-state index contributed by atoms with van der Waals surface area (Å²) >= 11 is 1.25. The highest BCUT2D eigenvalue weighted by Gasteiger charge is 2.36. The van der Waals surface area contributed by atoms with Crippen molar-refractivity contribution in [3.63, 3.8) is 0 Å². The van der Waals surface area contributed by atoms with Crippen molar-refractivity contribution in [1.29, 1.82) is 0 Å². The molecule has 0 radical (unpaired) electrons. The van der Waals surface area contributed by atoms with E-state index in [1.165, 1.54) is 18.4 Å². The number of aryl methyl sites for hydroxylation is 1. The van der Waals surface area contributed by atoms with Crippen molar-refractivity contribution in [1.82, 2.24) is 9.47 Å². The van der Waals surface area contributed by atoms with E-state index >= 15 is 0 Å². The second kappa shape index (κ2) is 7.68. The lowest BCUT2D eigenvalue weighted by Gasteiger charge is -2.10. The van der Waals surface area contributed by atoms with Crippen LogP contribution in [0.3, 0.4) is 0 Å². The number of carbonyl (C=O) groups excluding carboxylic acids is 4. The summed E-state index contributed by atoms with van der Waals surface area (Å²) in [5, 5.41) is 0. The Kier molecular flexibility index (Phi) is 5.04. The molecule has 1 aromatic heterocycles. The Morgan fingerprint density at radius 2 is 1.67 bits per heavy atom. The Bertz CT molecular complexity index is 1250. The number of rotatable bonds is 4. The zero-order valence-electron chi connectivity index (χ0n) is 16.2. The van der Waals surface area contributed by atoms with Crippen molar-refractivity contribution in [2.75, 3.05) is 13.7 Å². The first kappa shape index (κ1) is 19.7. The number of thiazole rings is 1. The Morgan fingerprint density at radius 1 is 1.00 bits per heavy atom. The molecule has 0 aliphatic carbocycles. The molecule has 4 rings (SSSR count). The van der Waals surface area contributed by atoms with Crippen LogP contribution in [0, 0.1) is 6.92 Å². The number of para-hydroxylation sites is 1. The number of fused-ring (bicyclic) bond motifs is 2. The van der Waals surface area contributed by atoms with Crippen molar-refractivity contribution >= 4 is 45.2 Å². The molecule has 3 amide bonds. The molecule has 3 aromatic rings. The third-order valence-electron chi connectivity index (χ3n) is 4.81. The van der Waals surface area contributed by atoms with Crippen LogP contribution in [0.2, 0.25) is 0 Å². The average molecular weight is 423 g/mol. The number of amides is 3. The Balaban J connectivity index is 1.70. The molecule has 9 heteroatoms. The fourth-order valence-corrected chi connectivity index (χ4v) is 4.52. The predicted octanol–water partition coefficient (Wildman–Crippen LogP) is 1.91. The molecule has 0 unspecified atom stereocenters. The molecule has 0 saturated carbocycles. The molecule has 0 atom stereocenters. The third-order valence-corrected chi connectivity index (χ3v) is 5.85. The first-order valence-electron chi connectivity index (χ1n) is 9.09. The topological polar surface area (TPSA) is 98.0 Å².